The molecule has 0 nitrogen and oxygen atoms in total. The van der Waals surface area contributed by atoms with E-state index in [2.05, 4.69) is 6.92 Å². The number of halogens is 9. The van der Waals surface area contributed by atoms with E-state index in [1.807, 2.05) is 0 Å². The van der Waals surface area contributed by atoms with Crippen molar-refractivity contribution >= 4 is 104 Å². The van der Waals surface area contributed by atoms with Gasteiger partial charge in [-0.2, -0.15) is 0 Å². The van der Waals surface area contributed by atoms with Gasteiger partial charge in [-0.25, -0.2) is 0 Å². The van der Waals surface area contributed by atoms with Gasteiger partial charge in [-0.15, -0.1) is 0 Å². The van der Waals surface area contributed by atoms with Crippen molar-refractivity contribution in [2.24, 2.45) is 0 Å². The molecule has 1 radical (unpaired) electrons. The summed E-state index contributed by atoms with van der Waals surface area (Å²) >= 11 is 52.5. The van der Waals surface area contributed by atoms with Gasteiger partial charge in [0.15, 0.2) is 0 Å². The Morgan fingerprint density at radius 3 is 1.16 bits per heavy atom. The van der Waals surface area contributed by atoms with Gasteiger partial charge in [-0.1, -0.05) is 104 Å². The number of hydrogen-bond donors (Lipinski definition) is 0. The van der Waals surface area contributed by atoms with Crippen LogP contribution in [0.3, 0.4) is 0 Å². The highest BCUT2D eigenvalue weighted by atomic mass is 35.6. The van der Waals surface area contributed by atoms with E-state index in [4.69, 9.17) is 104 Å². The molecule has 0 amide bonds. The summed E-state index contributed by atoms with van der Waals surface area (Å²) in [6.45, 7) is 3.74. The van der Waals surface area contributed by atoms with E-state index >= 15 is 0 Å². The van der Waals surface area contributed by atoms with Crippen LogP contribution in [0.5, 0.6) is 0 Å². The molecule has 0 unspecified atom stereocenters. The highest BCUT2D eigenvalue weighted by Gasteiger charge is 2.35. The lowest BCUT2D eigenvalue weighted by atomic mass is 10.0. The number of rotatable bonds is 0. The summed E-state index contributed by atoms with van der Waals surface area (Å²) in [5, 5.41) is 0. The fourth-order valence-corrected chi connectivity index (χ4v) is 2.68. The Labute approximate surface area is 156 Å². The minimum absolute atomic E-state index is 0.169. The van der Waals surface area contributed by atoms with Crippen LogP contribution in [-0.2, 0) is 11.4 Å². The first kappa shape index (κ1) is 18.9. The third-order valence-corrected chi connectivity index (χ3v) is 4.06. The summed E-state index contributed by atoms with van der Waals surface area (Å²) < 4.78 is -5.36. The lowest BCUT2D eigenvalue weighted by Gasteiger charge is -2.24. The number of hydrogen-bond acceptors (Lipinski definition) is 0. The molecule has 19 heavy (non-hydrogen) atoms. The molecule has 107 valence electrons. The predicted octanol–water partition coefficient (Wildman–Crippen LogP) is 7.35. The monoisotopic (exact) mass is 439 g/mol. The molecule has 0 aromatic heterocycles. The summed E-state index contributed by atoms with van der Waals surface area (Å²) in [5.74, 6) is 0. The van der Waals surface area contributed by atoms with Crippen LogP contribution in [0.25, 0.3) is 0 Å². The Bertz CT molecular complexity index is 440. The fourth-order valence-electron chi connectivity index (χ4n) is 1.34. The van der Waals surface area contributed by atoms with Gasteiger partial charge in [-0.3, -0.25) is 0 Å². The third kappa shape index (κ3) is 4.91. The Morgan fingerprint density at radius 1 is 0.632 bits per heavy atom. The molecular weight excluding hydrogens is 439 g/mol. The molecular formula is C10H4Cl9. The van der Waals surface area contributed by atoms with E-state index < -0.39 is 11.4 Å². The van der Waals surface area contributed by atoms with Crippen molar-refractivity contribution in [2.45, 2.75) is 11.4 Å². The lowest BCUT2D eigenvalue weighted by Crippen LogP contribution is -2.14. The average molecular weight is 443 g/mol. The van der Waals surface area contributed by atoms with Crippen molar-refractivity contribution in [1.82, 2.24) is 0 Å². The van der Waals surface area contributed by atoms with Crippen LogP contribution in [-0.4, -0.2) is 0 Å². The lowest BCUT2D eigenvalue weighted by molar-refractivity contribution is 1.09. The maximum absolute atomic E-state index is 5.84. The average Bonchev–Trinajstić information content (AvgIpc) is 2.11. The molecule has 9 heteroatoms. The fraction of sp³-hybridized carbons (Fsp3) is 0.300. The molecule has 1 aromatic carbocycles. The molecule has 0 aliphatic heterocycles. The zero-order chi connectivity index (χ0) is 15.2. The Balaban J connectivity index is 3.68. The molecule has 0 spiro atoms. The van der Waals surface area contributed by atoms with Gasteiger partial charge in [0.25, 0.3) is 0 Å². The van der Waals surface area contributed by atoms with Crippen LogP contribution in [0.2, 0.25) is 0 Å². The maximum atomic E-state index is 5.84. The molecule has 1 aromatic rings. The van der Waals surface area contributed by atoms with Crippen LogP contribution in [0.1, 0.15) is 22.3 Å². The quantitative estimate of drug-likeness (QED) is 0.368. The molecule has 0 bridgehead atoms. The third-order valence-electron chi connectivity index (χ3n) is 2.19. The first-order valence-corrected chi connectivity index (χ1v) is 7.86. The van der Waals surface area contributed by atoms with Crippen molar-refractivity contribution in [1.29, 1.82) is 0 Å². The maximum Gasteiger partial charge on any atom is 0.216 e. The van der Waals surface area contributed by atoms with E-state index in [0.717, 1.165) is 0 Å². The molecule has 0 saturated heterocycles. The van der Waals surface area contributed by atoms with E-state index in [1.54, 1.807) is 0 Å². The van der Waals surface area contributed by atoms with E-state index in [1.165, 1.54) is 12.1 Å². The minimum atomic E-state index is -1.80. The highest BCUT2D eigenvalue weighted by Crippen LogP contribution is 2.49. The van der Waals surface area contributed by atoms with E-state index in [9.17, 15) is 0 Å². The first-order valence-electron chi connectivity index (χ1n) is 4.46. The summed E-state index contributed by atoms with van der Waals surface area (Å²) in [4.78, 5) is 0. The van der Waals surface area contributed by atoms with Gasteiger partial charge >= 0.3 is 0 Å². The number of benzene rings is 1. The number of alkyl halides is 9. The summed E-state index contributed by atoms with van der Waals surface area (Å²) in [5.41, 5.74) is 0.788. The second kappa shape index (κ2) is 6.14. The molecule has 0 fully saturated rings. The molecule has 0 N–H and O–H groups in total. The normalized spacial score (nSPS) is 13.8. The second-order valence-corrected chi connectivity index (χ2v) is 10.4. The van der Waals surface area contributed by atoms with Gasteiger partial charge in [0, 0.05) is 16.7 Å². The van der Waals surface area contributed by atoms with Gasteiger partial charge in [0.05, 0.1) is 0 Å². The van der Waals surface area contributed by atoms with Crippen LogP contribution in [0, 0.1) is 6.92 Å². The van der Waals surface area contributed by atoms with Crippen molar-refractivity contribution in [3.05, 3.63) is 41.3 Å². The van der Waals surface area contributed by atoms with E-state index in [0.29, 0.717) is 0 Å². The second-order valence-electron chi connectivity index (χ2n) is 3.54. The van der Waals surface area contributed by atoms with E-state index in [-0.39, 0.29) is 22.3 Å². The summed E-state index contributed by atoms with van der Waals surface area (Å²) in [6, 6.07) is 2.78. The molecule has 0 heterocycles. The summed E-state index contributed by atoms with van der Waals surface area (Å²) in [6.07, 6.45) is 0. The van der Waals surface area contributed by atoms with Crippen LogP contribution in [0.15, 0.2) is 12.1 Å². The van der Waals surface area contributed by atoms with Crippen LogP contribution < -0.4 is 0 Å². The Kier molecular flexibility index (Phi) is 6.10. The SMILES string of the molecule is [CH2]c1c(C(Cl)(Cl)Cl)cc(C(Cl)(Cl)Cl)cc1C(Cl)(Cl)Cl. The zero-order valence-electron chi connectivity index (χ0n) is 8.76. The Hall–Kier alpha value is 1.83. The van der Waals surface area contributed by atoms with Crippen LogP contribution in [0.4, 0.5) is 0 Å². The first-order chi connectivity index (χ1) is 8.24. The molecule has 0 atom stereocenters. The smallest absolute Gasteiger partial charge is 0.0784 e. The van der Waals surface area contributed by atoms with Gasteiger partial charge in [0.1, 0.15) is 0 Å². The van der Waals surface area contributed by atoms with Crippen molar-refractivity contribution in [3.63, 3.8) is 0 Å². The van der Waals surface area contributed by atoms with Gasteiger partial charge in [-0.05, 0) is 24.6 Å². The zero-order valence-corrected chi connectivity index (χ0v) is 15.6. The Morgan fingerprint density at radius 2 is 0.947 bits per heavy atom. The van der Waals surface area contributed by atoms with Crippen molar-refractivity contribution in [3.8, 4) is 0 Å². The van der Waals surface area contributed by atoms with Gasteiger partial charge in [0.2, 0.25) is 11.4 Å². The topological polar surface area (TPSA) is 0 Å². The molecule has 1 rings (SSSR count). The minimum Gasteiger partial charge on any atom is -0.0784 e. The molecule has 0 saturated carbocycles. The van der Waals surface area contributed by atoms with Crippen molar-refractivity contribution in [2.75, 3.05) is 0 Å². The predicted molar refractivity (Wildman–Crippen MR) is 88.6 cm³/mol. The van der Waals surface area contributed by atoms with Gasteiger partial charge < -0.3 is 0 Å². The standard InChI is InChI=1S/C10H4Cl9/c1-4-6(9(14,15)16)2-5(8(11,12)13)3-7(4)10(17,18)19/h2-3H,1H2. The molecule has 0 aliphatic rings. The van der Waals surface area contributed by atoms with Crippen molar-refractivity contribution < 1.29 is 0 Å². The van der Waals surface area contributed by atoms with Crippen LogP contribution >= 0.6 is 104 Å². The largest absolute Gasteiger partial charge is 0.216 e. The highest BCUT2D eigenvalue weighted by molar-refractivity contribution is 6.68. The summed E-state index contributed by atoms with van der Waals surface area (Å²) in [7, 11) is 0. The molecule has 0 aliphatic carbocycles.